The van der Waals surface area contributed by atoms with Crippen molar-refractivity contribution in [1.29, 1.82) is 0 Å². The van der Waals surface area contributed by atoms with Crippen LogP contribution < -0.4 is 5.32 Å². The fraction of sp³-hybridized carbons (Fsp3) is 0.136. The SMILES string of the molecule is Cc1sc(-c2nc(-c3ccc(C4=NCCN4)cc3)no2)cc1-c1ccccc1. The van der Waals surface area contributed by atoms with Crippen LogP contribution in [0.1, 0.15) is 10.4 Å². The Morgan fingerprint density at radius 2 is 1.75 bits per heavy atom. The molecule has 2 aromatic heterocycles. The van der Waals surface area contributed by atoms with Crippen LogP contribution in [0.5, 0.6) is 0 Å². The molecular formula is C22H18N4OS. The van der Waals surface area contributed by atoms with Crippen LogP contribution >= 0.6 is 11.3 Å². The van der Waals surface area contributed by atoms with Crippen molar-refractivity contribution < 1.29 is 4.52 Å². The second-order valence-electron chi connectivity index (χ2n) is 6.60. The smallest absolute Gasteiger partial charge is 0.268 e. The number of nitrogens with one attached hydrogen (secondary N) is 1. The quantitative estimate of drug-likeness (QED) is 0.548. The first-order valence-electron chi connectivity index (χ1n) is 9.17. The Hall–Kier alpha value is -3.25. The van der Waals surface area contributed by atoms with E-state index in [4.69, 9.17) is 4.52 Å². The number of thiophene rings is 1. The van der Waals surface area contributed by atoms with Gasteiger partial charge in [-0.15, -0.1) is 11.3 Å². The monoisotopic (exact) mass is 386 g/mol. The van der Waals surface area contributed by atoms with Gasteiger partial charge in [0.25, 0.3) is 5.89 Å². The molecule has 1 N–H and O–H groups in total. The van der Waals surface area contributed by atoms with Gasteiger partial charge < -0.3 is 9.84 Å². The molecule has 6 heteroatoms. The fourth-order valence-corrected chi connectivity index (χ4v) is 4.26. The van der Waals surface area contributed by atoms with E-state index >= 15 is 0 Å². The highest BCUT2D eigenvalue weighted by Crippen LogP contribution is 2.36. The summed E-state index contributed by atoms with van der Waals surface area (Å²) in [6.07, 6.45) is 0. The van der Waals surface area contributed by atoms with Gasteiger partial charge in [-0.05, 0) is 24.1 Å². The normalized spacial score (nSPS) is 13.4. The lowest BCUT2D eigenvalue weighted by Crippen LogP contribution is -2.19. The molecule has 138 valence electrons. The molecule has 0 saturated carbocycles. The summed E-state index contributed by atoms with van der Waals surface area (Å²) in [4.78, 5) is 11.3. The zero-order valence-corrected chi connectivity index (χ0v) is 16.2. The van der Waals surface area contributed by atoms with E-state index in [0.29, 0.717) is 11.7 Å². The van der Waals surface area contributed by atoms with Gasteiger partial charge in [0, 0.05) is 22.5 Å². The third kappa shape index (κ3) is 3.12. The molecule has 5 nitrogen and oxygen atoms in total. The van der Waals surface area contributed by atoms with Gasteiger partial charge in [-0.3, -0.25) is 4.99 Å². The van der Waals surface area contributed by atoms with Crippen molar-refractivity contribution in [3.05, 3.63) is 71.1 Å². The van der Waals surface area contributed by atoms with Crippen molar-refractivity contribution in [1.82, 2.24) is 15.5 Å². The lowest BCUT2D eigenvalue weighted by atomic mass is 10.1. The summed E-state index contributed by atoms with van der Waals surface area (Å²) in [6.45, 7) is 3.85. The largest absolute Gasteiger partial charge is 0.368 e. The number of nitrogens with zero attached hydrogens (tertiary/aromatic N) is 3. The highest BCUT2D eigenvalue weighted by Gasteiger charge is 2.16. The minimum absolute atomic E-state index is 0.552. The molecule has 0 amide bonds. The van der Waals surface area contributed by atoms with Crippen molar-refractivity contribution in [2.75, 3.05) is 13.1 Å². The van der Waals surface area contributed by atoms with Crippen LogP contribution in [0.15, 0.2) is 70.2 Å². The summed E-state index contributed by atoms with van der Waals surface area (Å²) < 4.78 is 5.55. The Balaban J connectivity index is 1.42. The van der Waals surface area contributed by atoms with Crippen molar-refractivity contribution >= 4 is 17.2 Å². The molecule has 0 bridgehead atoms. The lowest BCUT2D eigenvalue weighted by molar-refractivity contribution is 0.433. The number of aryl methyl sites for hydroxylation is 1. The summed E-state index contributed by atoms with van der Waals surface area (Å²) in [7, 11) is 0. The minimum atomic E-state index is 0.552. The average molecular weight is 386 g/mol. The van der Waals surface area contributed by atoms with Crippen LogP contribution in [0.4, 0.5) is 0 Å². The Labute approximate surface area is 166 Å². The van der Waals surface area contributed by atoms with E-state index in [1.165, 1.54) is 16.0 Å². The lowest BCUT2D eigenvalue weighted by Gasteiger charge is -2.02. The summed E-state index contributed by atoms with van der Waals surface area (Å²) in [6, 6.07) is 20.5. The topological polar surface area (TPSA) is 63.3 Å². The molecule has 4 aromatic rings. The molecule has 0 spiro atoms. The second-order valence-corrected chi connectivity index (χ2v) is 7.86. The molecule has 2 aromatic carbocycles. The van der Waals surface area contributed by atoms with Crippen molar-refractivity contribution in [3.63, 3.8) is 0 Å². The number of amidine groups is 1. The van der Waals surface area contributed by atoms with Crippen LogP contribution in [-0.2, 0) is 0 Å². The van der Waals surface area contributed by atoms with E-state index in [0.717, 1.165) is 34.9 Å². The first-order valence-corrected chi connectivity index (χ1v) is 9.99. The van der Waals surface area contributed by atoms with Crippen LogP contribution in [0, 0.1) is 6.92 Å². The molecule has 0 unspecified atom stereocenters. The summed E-state index contributed by atoms with van der Waals surface area (Å²) in [5.74, 6) is 2.09. The van der Waals surface area contributed by atoms with E-state index in [1.807, 2.05) is 42.5 Å². The van der Waals surface area contributed by atoms with Gasteiger partial charge in [0.05, 0.1) is 11.4 Å². The van der Waals surface area contributed by atoms with Gasteiger partial charge in [0.1, 0.15) is 5.84 Å². The molecule has 0 saturated heterocycles. The summed E-state index contributed by atoms with van der Waals surface area (Å²) in [5, 5.41) is 7.46. The maximum absolute atomic E-state index is 5.55. The molecule has 28 heavy (non-hydrogen) atoms. The number of rotatable bonds is 4. The molecule has 5 rings (SSSR count). The third-order valence-electron chi connectivity index (χ3n) is 4.73. The molecule has 0 atom stereocenters. The van der Waals surface area contributed by atoms with E-state index in [1.54, 1.807) is 11.3 Å². The Bertz CT molecular complexity index is 1140. The first-order chi connectivity index (χ1) is 13.8. The van der Waals surface area contributed by atoms with Gasteiger partial charge in [-0.2, -0.15) is 4.98 Å². The van der Waals surface area contributed by atoms with E-state index in [2.05, 4.69) is 45.6 Å². The van der Waals surface area contributed by atoms with Crippen LogP contribution in [-0.4, -0.2) is 29.1 Å². The molecule has 3 heterocycles. The summed E-state index contributed by atoms with van der Waals surface area (Å²) in [5.41, 5.74) is 4.40. The zero-order chi connectivity index (χ0) is 18.9. The van der Waals surface area contributed by atoms with Crippen LogP contribution in [0.3, 0.4) is 0 Å². The second kappa shape index (κ2) is 7.05. The fourth-order valence-electron chi connectivity index (χ4n) is 3.30. The molecule has 0 fully saturated rings. The Morgan fingerprint density at radius 1 is 0.964 bits per heavy atom. The molecule has 1 aliphatic heterocycles. The van der Waals surface area contributed by atoms with Gasteiger partial charge in [0.15, 0.2) is 0 Å². The van der Waals surface area contributed by atoms with Gasteiger partial charge in [-0.1, -0.05) is 59.8 Å². The van der Waals surface area contributed by atoms with Crippen molar-refractivity contribution in [3.8, 4) is 33.3 Å². The Morgan fingerprint density at radius 3 is 2.50 bits per heavy atom. The molecule has 0 aliphatic carbocycles. The van der Waals surface area contributed by atoms with E-state index < -0.39 is 0 Å². The van der Waals surface area contributed by atoms with E-state index in [-0.39, 0.29) is 0 Å². The van der Waals surface area contributed by atoms with Crippen LogP contribution in [0.25, 0.3) is 33.3 Å². The number of benzene rings is 2. The maximum atomic E-state index is 5.55. The van der Waals surface area contributed by atoms with E-state index in [9.17, 15) is 0 Å². The van der Waals surface area contributed by atoms with Gasteiger partial charge in [-0.25, -0.2) is 0 Å². The highest BCUT2D eigenvalue weighted by atomic mass is 32.1. The van der Waals surface area contributed by atoms with Crippen LogP contribution in [0.2, 0.25) is 0 Å². The molecular weight excluding hydrogens is 368 g/mol. The summed E-state index contributed by atoms with van der Waals surface area (Å²) >= 11 is 1.67. The van der Waals surface area contributed by atoms with Crippen molar-refractivity contribution in [2.45, 2.75) is 6.92 Å². The van der Waals surface area contributed by atoms with Crippen molar-refractivity contribution in [2.24, 2.45) is 4.99 Å². The molecule has 0 radical (unpaired) electrons. The predicted molar refractivity (Wildman–Crippen MR) is 113 cm³/mol. The average Bonchev–Trinajstić information content (AvgIpc) is 3.49. The first kappa shape index (κ1) is 16.9. The van der Waals surface area contributed by atoms with Gasteiger partial charge >= 0.3 is 0 Å². The Kier molecular flexibility index (Phi) is 4.25. The number of hydrogen-bond donors (Lipinski definition) is 1. The minimum Gasteiger partial charge on any atom is -0.368 e. The predicted octanol–water partition coefficient (Wildman–Crippen LogP) is 4.79. The number of hydrogen-bond acceptors (Lipinski definition) is 6. The van der Waals surface area contributed by atoms with Gasteiger partial charge in [0.2, 0.25) is 5.82 Å². The highest BCUT2D eigenvalue weighted by molar-refractivity contribution is 7.15. The third-order valence-corrected chi connectivity index (χ3v) is 5.77. The zero-order valence-electron chi connectivity index (χ0n) is 15.3. The molecule has 1 aliphatic rings. The maximum Gasteiger partial charge on any atom is 0.268 e. The standard InChI is InChI=1S/C22H18N4OS/c1-14-18(15-5-3-2-4-6-15)13-19(28-14)22-25-21(26-27-22)17-9-7-16(8-10-17)20-23-11-12-24-20/h2-10,13H,11-12H2,1H3,(H,23,24). The number of aliphatic imine (C=N–C) groups is 1. The number of aromatic nitrogens is 2.